The fourth-order valence-corrected chi connectivity index (χ4v) is 10.5. The highest BCUT2D eigenvalue weighted by atomic mass is 16.5. The van der Waals surface area contributed by atoms with E-state index in [4.69, 9.17) is 31.0 Å². The molecule has 13 rings (SSSR count). The molecule has 0 bridgehead atoms. The van der Waals surface area contributed by atoms with Crippen LogP contribution in [0.5, 0.6) is 0 Å². The molecule has 0 radical (unpaired) electrons. The molecule has 0 atom stereocenters. The monoisotopic (exact) mass is 1030 g/mol. The van der Waals surface area contributed by atoms with Gasteiger partial charge in [-0.1, -0.05) is 158 Å². The largest absolute Gasteiger partial charge is 0.457 e. The maximum absolute atomic E-state index is 13.7. The van der Waals surface area contributed by atoms with Crippen LogP contribution in [-0.4, -0.2) is 36.0 Å². The number of nitriles is 1. The Morgan fingerprint density at radius 2 is 0.900 bits per heavy atom. The molecule has 0 amide bonds. The van der Waals surface area contributed by atoms with Gasteiger partial charge in [0.1, 0.15) is 13.2 Å². The van der Waals surface area contributed by atoms with Crippen molar-refractivity contribution in [2.24, 2.45) is 0 Å². The molecule has 3 heterocycles. The first kappa shape index (κ1) is 48.4. The van der Waals surface area contributed by atoms with Crippen molar-refractivity contribution in [3.05, 3.63) is 276 Å². The van der Waals surface area contributed by atoms with Gasteiger partial charge in [-0.05, 0) is 101 Å². The third-order valence-electron chi connectivity index (χ3n) is 14.3. The predicted molar refractivity (Wildman–Crippen MR) is 312 cm³/mol. The Balaban J connectivity index is 1.02. The number of carbonyl (C=O) groups excluding carboxylic acids is 2. The molecule has 0 saturated carbocycles. The number of hydrogen-bond donors (Lipinski definition) is 0. The van der Waals surface area contributed by atoms with Crippen molar-refractivity contribution < 1.29 is 19.1 Å². The topological polar surface area (TPSA) is 129 Å². The van der Waals surface area contributed by atoms with E-state index in [1.807, 2.05) is 206 Å². The first-order valence-electron chi connectivity index (χ1n) is 25.9. The second-order valence-corrected chi connectivity index (χ2v) is 19.2. The Labute approximate surface area is 459 Å². The van der Waals surface area contributed by atoms with Crippen LogP contribution in [0.1, 0.15) is 37.4 Å². The van der Waals surface area contributed by atoms with Gasteiger partial charge in [0.2, 0.25) is 0 Å². The number of fused-ring (bicyclic) bond motifs is 6. The zero-order valence-electron chi connectivity index (χ0n) is 42.7. The summed E-state index contributed by atoms with van der Waals surface area (Å²) < 4.78 is 15.9. The summed E-state index contributed by atoms with van der Waals surface area (Å²) in [6.45, 7) is 8.43. The summed E-state index contributed by atoms with van der Waals surface area (Å²) in [5.74, 6) is 0.133. The molecule has 3 aromatic heterocycles. The Kier molecular flexibility index (Phi) is 12.5. The molecular formula is C69H43N7O4. The average molecular weight is 1030 g/mol. The normalized spacial score (nSPS) is 11.2. The second kappa shape index (κ2) is 20.7. The second-order valence-electron chi connectivity index (χ2n) is 19.2. The fourth-order valence-electron chi connectivity index (χ4n) is 10.5. The smallest absolute Gasteiger partial charge is 0.338 e. The number of nitrogens with zero attached hydrogens (tertiary/aromatic N) is 7. The van der Waals surface area contributed by atoms with Crippen LogP contribution in [0.25, 0.3) is 105 Å². The number of ether oxygens (including phenoxy) is 2. The molecule has 80 heavy (non-hydrogen) atoms. The summed E-state index contributed by atoms with van der Waals surface area (Å²) in [4.78, 5) is 47.2. The molecule has 13 aromatic rings. The van der Waals surface area contributed by atoms with E-state index < -0.39 is 11.9 Å². The summed E-state index contributed by atoms with van der Waals surface area (Å²) in [7, 11) is 0. The summed E-state index contributed by atoms with van der Waals surface area (Å²) >= 11 is 0. The van der Waals surface area contributed by atoms with Crippen LogP contribution in [0.3, 0.4) is 0 Å². The first-order chi connectivity index (χ1) is 39.4. The minimum absolute atomic E-state index is 0.139. The molecule has 0 N–H and O–H groups in total. The molecule has 0 aliphatic carbocycles. The van der Waals surface area contributed by atoms with Gasteiger partial charge in [-0.25, -0.2) is 29.4 Å². The third kappa shape index (κ3) is 8.92. The SMILES string of the molecule is [C-]#[N+]c1ccccc1-c1ccc(-n2c3ccccc3c3cc(C(=O)OCc4ccccc4)ccc32)c(-c2nc(-c3ccccc3)nc(-c3cc(C#N)ccc3-n3c4ccccc4c4cc(C(=O)OCc5ccccc5)ccc43)n2)c1. The lowest BCUT2D eigenvalue weighted by Gasteiger charge is -2.18. The van der Waals surface area contributed by atoms with Crippen molar-refractivity contribution in [1.29, 1.82) is 5.26 Å². The molecule has 0 aliphatic heterocycles. The van der Waals surface area contributed by atoms with Crippen LogP contribution in [0.4, 0.5) is 5.69 Å². The zero-order chi connectivity index (χ0) is 54.1. The molecule has 0 unspecified atom stereocenters. The van der Waals surface area contributed by atoms with Crippen molar-refractivity contribution in [2.45, 2.75) is 13.2 Å². The Bertz CT molecular complexity index is 4670. The molecule has 10 aromatic carbocycles. The van der Waals surface area contributed by atoms with Crippen LogP contribution in [0.15, 0.2) is 237 Å². The van der Waals surface area contributed by atoms with Crippen molar-refractivity contribution >= 4 is 61.2 Å². The predicted octanol–water partition coefficient (Wildman–Crippen LogP) is 15.9. The van der Waals surface area contributed by atoms with E-state index in [-0.39, 0.29) is 13.2 Å². The Hall–Kier alpha value is -11.3. The van der Waals surface area contributed by atoms with E-state index in [0.717, 1.165) is 77.1 Å². The molecule has 0 saturated heterocycles. The third-order valence-corrected chi connectivity index (χ3v) is 14.3. The highest BCUT2D eigenvalue weighted by Gasteiger charge is 2.25. The summed E-state index contributed by atoms with van der Waals surface area (Å²) in [5, 5.41) is 14.0. The highest BCUT2D eigenvalue weighted by Crippen LogP contribution is 2.42. The van der Waals surface area contributed by atoms with Gasteiger partial charge < -0.3 is 18.6 Å². The van der Waals surface area contributed by atoms with Crippen molar-refractivity contribution in [1.82, 2.24) is 24.1 Å². The fraction of sp³-hybridized carbons (Fsp3) is 0.0290. The average Bonchev–Trinajstić information content (AvgIpc) is 4.24. The molecule has 0 fully saturated rings. The summed E-state index contributed by atoms with van der Waals surface area (Å²) in [5.41, 5.74) is 11.7. The lowest BCUT2D eigenvalue weighted by Crippen LogP contribution is -2.06. The lowest BCUT2D eigenvalue weighted by molar-refractivity contribution is 0.0464. The highest BCUT2D eigenvalue weighted by molar-refractivity contribution is 6.13. The van der Waals surface area contributed by atoms with Crippen LogP contribution >= 0.6 is 0 Å². The molecular weight excluding hydrogens is 991 g/mol. The number of para-hydroxylation sites is 3. The van der Waals surface area contributed by atoms with E-state index in [9.17, 15) is 14.9 Å². The number of rotatable bonds is 12. The van der Waals surface area contributed by atoms with Crippen molar-refractivity contribution in [3.8, 4) is 62.7 Å². The summed E-state index contributed by atoms with van der Waals surface area (Å²) in [6, 6.07) is 77.5. The Morgan fingerprint density at radius 1 is 0.438 bits per heavy atom. The van der Waals surface area contributed by atoms with Crippen LogP contribution < -0.4 is 0 Å². The molecule has 11 nitrogen and oxygen atoms in total. The number of aromatic nitrogens is 5. The molecule has 378 valence electrons. The van der Waals surface area contributed by atoms with E-state index >= 15 is 0 Å². The van der Waals surface area contributed by atoms with Crippen LogP contribution in [-0.2, 0) is 22.7 Å². The van der Waals surface area contributed by atoms with Gasteiger partial charge in [-0.3, -0.25) is 0 Å². The van der Waals surface area contributed by atoms with Crippen molar-refractivity contribution in [2.75, 3.05) is 0 Å². The quantitative estimate of drug-likeness (QED) is 0.0874. The number of esters is 2. The van der Waals surface area contributed by atoms with Crippen LogP contribution in [0, 0.1) is 17.9 Å². The maximum Gasteiger partial charge on any atom is 0.338 e. The van der Waals surface area contributed by atoms with Gasteiger partial charge in [0.05, 0.1) is 62.8 Å². The van der Waals surface area contributed by atoms with Gasteiger partial charge in [0.15, 0.2) is 23.2 Å². The van der Waals surface area contributed by atoms with Gasteiger partial charge >= 0.3 is 11.9 Å². The van der Waals surface area contributed by atoms with Gasteiger partial charge in [-0.15, -0.1) is 0 Å². The van der Waals surface area contributed by atoms with Gasteiger partial charge in [0, 0.05) is 38.2 Å². The van der Waals surface area contributed by atoms with Gasteiger partial charge in [0.25, 0.3) is 0 Å². The number of benzene rings is 10. The molecule has 11 heteroatoms. The van der Waals surface area contributed by atoms with E-state index in [1.54, 1.807) is 30.3 Å². The first-order valence-corrected chi connectivity index (χ1v) is 25.9. The van der Waals surface area contributed by atoms with E-state index in [2.05, 4.69) is 20.0 Å². The Morgan fingerprint density at radius 3 is 1.45 bits per heavy atom. The van der Waals surface area contributed by atoms with E-state index in [1.165, 1.54) is 0 Å². The zero-order valence-corrected chi connectivity index (χ0v) is 42.7. The van der Waals surface area contributed by atoms with E-state index in [0.29, 0.717) is 56.7 Å². The van der Waals surface area contributed by atoms with Crippen molar-refractivity contribution in [3.63, 3.8) is 0 Å². The maximum atomic E-state index is 13.7. The van der Waals surface area contributed by atoms with Gasteiger partial charge in [-0.2, -0.15) is 5.26 Å². The number of hydrogen-bond acceptors (Lipinski definition) is 8. The summed E-state index contributed by atoms with van der Waals surface area (Å²) in [6.07, 6.45) is 0. The number of carbonyl (C=O) groups is 2. The molecule has 0 aliphatic rings. The standard InChI is InChI=1S/C69H43N7O4/c1-71-58-26-14-11-23-51(58)48-30-34-64(76-60-28-16-13-25-53(60)55-40-50(32-36-62(55)76)69(78)80-43-45-19-7-3-8-20-45)57(38-48)67-73-65(47-21-9-4-10-22-47)72-66(74-67)56-37-46(41-70)29-33-63(56)75-59-27-15-12-24-52(59)54-39-49(31-35-61(54)75)68(77)79-42-44-17-5-2-6-18-44/h2-40H,42-43H2. The minimum atomic E-state index is -0.441. The molecule has 0 spiro atoms. The van der Waals surface area contributed by atoms with Crippen LogP contribution in [0.2, 0.25) is 0 Å². The lowest BCUT2D eigenvalue weighted by atomic mass is 9.99. The minimum Gasteiger partial charge on any atom is -0.457 e.